The molecule has 0 radical (unpaired) electrons. The summed E-state index contributed by atoms with van der Waals surface area (Å²) in [5.74, 6) is -1.83. The van der Waals surface area contributed by atoms with Gasteiger partial charge in [-0.15, -0.1) is 0 Å². The summed E-state index contributed by atoms with van der Waals surface area (Å²) in [6.07, 6.45) is 0.643. The lowest BCUT2D eigenvalue weighted by Gasteiger charge is -2.11. The zero-order chi connectivity index (χ0) is 20.2. The molecule has 0 aromatic heterocycles. The van der Waals surface area contributed by atoms with Gasteiger partial charge in [0.2, 0.25) is 10.0 Å². The number of carbonyl (C=O) groups is 2. The van der Waals surface area contributed by atoms with Gasteiger partial charge in [0.05, 0.1) is 16.1 Å². The molecule has 0 aliphatic carbocycles. The predicted molar refractivity (Wildman–Crippen MR) is 106 cm³/mol. The molecule has 0 saturated heterocycles. The van der Waals surface area contributed by atoms with Crippen molar-refractivity contribution in [2.24, 2.45) is 0 Å². The average Bonchev–Trinajstić information content (AvgIpc) is 2.61. The number of carboxylic acids is 1. The van der Waals surface area contributed by atoms with E-state index >= 15 is 0 Å². The number of rotatable bonds is 7. The molecule has 2 aromatic carbocycles. The Bertz CT molecular complexity index is 995. The van der Waals surface area contributed by atoms with Crippen molar-refractivity contribution >= 4 is 55.1 Å². The molecule has 144 valence electrons. The number of amides is 1. The highest BCUT2D eigenvalue weighted by Gasteiger charge is 2.19. The van der Waals surface area contributed by atoms with Crippen LogP contribution in [-0.2, 0) is 10.0 Å². The van der Waals surface area contributed by atoms with E-state index in [1.165, 1.54) is 36.4 Å². The SMILES string of the molecule is CCCNS(=O)(=O)c1ccc(C(=O)Nc2ccc(Cl)cc2C(=O)O)cc1Br. The smallest absolute Gasteiger partial charge is 0.337 e. The van der Waals surface area contributed by atoms with Gasteiger partial charge in [-0.3, -0.25) is 4.79 Å². The van der Waals surface area contributed by atoms with Crippen LogP contribution >= 0.6 is 27.5 Å². The molecule has 0 fully saturated rings. The minimum absolute atomic E-state index is 0.00483. The quantitative estimate of drug-likeness (QED) is 0.565. The fourth-order valence-corrected chi connectivity index (χ4v) is 4.55. The van der Waals surface area contributed by atoms with E-state index in [0.29, 0.717) is 13.0 Å². The largest absolute Gasteiger partial charge is 0.478 e. The molecule has 2 rings (SSSR count). The highest BCUT2D eigenvalue weighted by molar-refractivity contribution is 9.10. The van der Waals surface area contributed by atoms with E-state index in [1.54, 1.807) is 0 Å². The van der Waals surface area contributed by atoms with Gasteiger partial charge >= 0.3 is 5.97 Å². The van der Waals surface area contributed by atoms with Crippen molar-refractivity contribution in [3.8, 4) is 0 Å². The molecule has 7 nitrogen and oxygen atoms in total. The fourth-order valence-electron chi connectivity index (χ4n) is 2.17. The summed E-state index contributed by atoms with van der Waals surface area (Å²) >= 11 is 8.95. The monoisotopic (exact) mass is 474 g/mol. The van der Waals surface area contributed by atoms with Gasteiger partial charge in [0, 0.05) is 21.6 Å². The van der Waals surface area contributed by atoms with E-state index in [2.05, 4.69) is 26.0 Å². The lowest BCUT2D eigenvalue weighted by molar-refractivity contribution is 0.0698. The molecule has 0 aliphatic heterocycles. The third kappa shape index (κ3) is 5.29. The van der Waals surface area contributed by atoms with Gasteiger partial charge < -0.3 is 10.4 Å². The normalized spacial score (nSPS) is 11.2. The van der Waals surface area contributed by atoms with Crippen LogP contribution in [0, 0.1) is 0 Å². The topological polar surface area (TPSA) is 113 Å². The second-order valence-electron chi connectivity index (χ2n) is 5.49. The maximum atomic E-state index is 12.4. The Morgan fingerprint density at radius 3 is 2.48 bits per heavy atom. The molecule has 3 N–H and O–H groups in total. The summed E-state index contributed by atoms with van der Waals surface area (Å²) < 4.78 is 27.1. The van der Waals surface area contributed by atoms with E-state index in [-0.39, 0.29) is 31.2 Å². The zero-order valence-electron chi connectivity index (χ0n) is 14.1. The Balaban J connectivity index is 2.29. The third-order valence-corrected chi connectivity index (χ3v) is 6.16. The molecule has 27 heavy (non-hydrogen) atoms. The molecule has 0 aliphatic rings. The molecule has 0 bridgehead atoms. The molecule has 1 amide bonds. The van der Waals surface area contributed by atoms with Crippen molar-refractivity contribution in [3.63, 3.8) is 0 Å². The first kappa shape index (κ1) is 21.4. The number of anilines is 1. The zero-order valence-corrected chi connectivity index (χ0v) is 17.3. The van der Waals surface area contributed by atoms with Crippen molar-refractivity contribution in [1.82, 2.24) is 4.72 Å². The Labute approximate surface area is 169 Å². The number of benzene rings is 2. The second kappa shape index (κ2) is 8.83. The highest BCUT2D eigenvalue weighted by atomic mass is 79.9. The van der Waals surface area contributed by atoms with Crippen molar-refractivity contribution in [3.05, 3.63) is 57.0 Å². The molecular formula is C17H16BrClN2O5S. The van der Waals surface area contributed by atoms with Crippen LogP contribution in [0.3, 0.4) is 0 Å². The van der Waals surface area contributed by atoms with Crippen molar-refractivity contribution in [2.45, 2.75) is 18.2 Å². The van der Waals surface area contributed by atoms with E-state index in [9.17, 15) is 23.1 Å². The summed E-state index contributed by atoms with van der Waals surface area (Å²) in [4.78, 5) is 23.7. The number of sulfonamides is 1. The van der Waals surface area contributed by atoms with Crippen LogP contribution < -0.4 is 10.0 Å². The van der Waals surface area contributed by atoms with E-state index in [1.807, 2.05) is 6.92 Å². The maximum Gasteiger partial charge on any atom is 0.337 e. The molecule has 0 unspecified atom stereocenters. The number of hydrogen-bond acceptors (Lipinski definition) is 4. The van der Waals surface area contributed by atoms with Crippen LogP contribution in [0.25, 0.3) is 0 Å². The van der Waals surface area contributed by atoms with Crippen molar-refractivity contribution in [2.75, 3.05) is 11.9 Å². The van der Waals surface area contributed by atoms with Crippen LogP contribution in [0.1, 0.15) is 34.1 Å². The standard InChI is InChI=1S/C17H16BrClN2O5S/c1-2-7-20-27(25,26)15-6-3-10(8-13(15)18)16(22)21-14-5-4-11(19)9-12(14)17(23)24/h3-6,8-9,20H,2,7H2,1H3,(H,21,22)(H,23,24). The van der Waals surface area contributed by atoms with Crippen LogP contribution in [0.15, 0.2) is 45.8 Å². The van der Waals surface area contributed by atoms with Gasteiger partial charge in [0.15, 0.2) is 0 Å². The number of nitrogens with one attached hydrogen (secondary N) is 2. The first-order valence-electron chi connectivity index (χ1n) is 7.79. The summed E-state index contributed by atoms with van der Waals surface area (Å²) in [6, 6.07) is 8.06. The summed E-state index contributed by atoms with van der Waals surface area (Å²) in [5.41, 5.74) is 0.0785. The molecule has 10 heteroatoms. The molecule has 2 aromatic rings. The summed E-state index contributed by atoms with van der Waals surface area (Å²) in [7, 11) is -3.70. The minimum Gasteiger partial charge on any atom is -0.478 e. The van der Waals surface area contributed by atoms with E-state index < -0.39 is 21.9 Å². The van der Waals surface area contributed by atoms with Gasteiger partial charge in [0.1, 0.15) is 0 Å². The number of carbonyl (C=O) groups excluding carboxylic acids is 1. The first-order valence-corrected chi connectivity index (χ1v) is 10.4. The lowest BCUT2D eigenvalue weighted by Crippen LogP contribution is -2.25. The first-order chi connectivity index (χ1) is 12.7. The van der Waals surface area contributed by atoms with Gasteiger partial charge in [-0.25, -0.2) is 17.9 Å². The van der Waals surface area contributed by atoms with Gasteiger partial charge in [0.25, 0.3) is 5.91 Å². The summed E-state index contributed by atoms with van der Waals surface area (Å²) in [6.45, 7) is 2.14. The molecular weight excluding hydrogens is 460 g/mol. The van der Waals surface area contributed by atoms with Gasteiger partial charge in [-0.05, 0) is 58.7 Å². The predicted octanol–water partition coefficient (Wildman–Crippen LogP) is 3.74. The second-order valence-corrected chi connectivity index (χ2v) is 8.52. The lowest BCUT2D eigenvalue weighted by atomic mass is 10.1. The summed E-state index contributed by atoms with van der Waals surface area (Å²) in [5, 5.41) is 11.9. The Morgan fingerprint density at radius 2 is 1.89 bits per heavy atom. The molecule has 0 atom stereocenters. The van der Waals surface area contributed by atoms with Crippen LogP contribution in [-0.4, -0.2) is 31.9 Å². The van der Waals surface area contributed by atoms with Crippen molar-refractivity contribution in [1.29, 1.82) is 0 Å². The van der Waals surface area contributed by atoms with Gasteiger partial charge in [-0.2, -0.15) is 0 Å². The number of aromatic carboxylic acids is 1. The van der Waals surface area contributed by atoms with Crippen LogP contribution in [0.5, 0.6) is 0 Å². The van der Waals surface area contributed by atoms with Crippen molar-refractivity contribution < 1.29 is 23.1 Å². The maximum absolute atomic E-state index is 12.4. The molecule has 0 heterocycles. The van der Waals surface area contributed by atoms with E-state index in [0.717, 1.165) is 0 Å². The Kier molecular flexibility index (Phi) is 6.99. The minimum atomic E-state index is -3.70. The fraction of sp³-hybridized carbons (Fsp3) is 0.176. The van der Waals surface area contributed by atoms with E-state index in [4.69, 9.17) is 11.6 Å². The number of carboxylic acid groups (broad SMARTS) is 1. The molecule has 0 saturated carbocycles. The van der Waals surface area contributed by atoms with Crippen LogP contribution in [0.2, 0.25) is 5.02 Å². The molecule has 0 spiro atoms. The van der Waals surface area contributed by atoms with Crippen LogP contribution in [0.4, 0.5) is 5.69 Å². The highest BCUT2D eigenvalue weighted by Crippen LogP contribution is 2.25. The average molecular weight is 476 g/mol. The third-order valence-electron chi connectivity index (χ3n) is 3.49. The van der Waals surface area contributed by atoms with Gasteiger partial charge in [-0.1, -0.05) is 18.5 Å². The Morgan fingerprint density at radius 1 is 1.19 bits per heavy atom. The number of halogens is 2. The number of hydrogen-bond donors (Lipinski definition) is 3. The Hall–Kier alpha value is -1.94.